The maximum Gasteiger partial charge on any atom is 0.259 e. The number of ether oxygens (including phenoxy) is 1. The van der Waals surface area contributed by atoms with Crippen molar-refractivity contribution in [3.05, 3.63) is 65.0 Å². The van der Waals surface area contributed by atoms with Crippen molar-refractivity contribution in [2.24, 2.45) is 0 Å². The molecule has 4 aromatic rings. The summed E-state index contributed by atoms with van der Waals surface area (Å²) >= 11 is 0. The minimum atomic E-state index is -0.162. The first-order valence-corrected chi connectivity index (χ1v) is 9.70. The number of nitrogens with zero attached hydrogens (tertiary/aromatic N) is 3. The number of amides is 1. The van der Waals surface area contributed by atoms with Gasteiger partial charge in [0.25, 0.3) is 11.6 Å². The van der Waals surface area contributed by atoms with Gasteiger partial charge < -0.3 is 18.6 Å². The second-order valence-corrected chi connectivity index (χ2v) is 7.38. The van der Waals surface area contributed by atoms with E-state index in [9.17, 15) is 4.79 Å². The van der Waals surface area contributed by atoms with Gasteiger partial charge in [-0.1, -0.05) is 11.2 Å². The molecular formula is C23H23N3O4. The zero-order chi connectivity index (χ0) is 21.3. The molecule has 0 spiro atoms. The van der Waals surface area contributed by atoms with Crippen molar-refractivity contribution in [2.75, 3.05) is 20.2 Å². The molecule has 0 bridgehead atoms. The molecule has 0 aliphatic rings. The molecule has 0 aliphatic carbocycles. The molecule has 1 aromatic carbocycles. The smallest absolute Gasteiger partial charge is 0.259 e. The van der Waals surface area contributed by atoms with E-state index in [0.29, 0.717) is 47.0 Å². The van der Waals surface area contributed by atoms with Gasteiger partial charge in [-0.15, -0.1) is 0 Å². The molecule has 154 valence electrons. The molecule has 1 amide bonds. The van der Waals surface area contributed by atoms with Crippen molar-refractivity contribution in [1.82, 2.24) is 15.0 Å². The van der Waals surface area contributed by atoms with Crippen LogP contribution in [0.15, 0.2) is 51.6 Å². The highest BCUT2D eigenvalue weighted by atomic mass is 16.5. The van der Waals surface area contributed by atoms with Crippen LogP contribution in [0.3, 0.4) is 0 Å². The van der Waals surface area contributed by atoms with Crippen LogP contribution in [0.2, 0.25) is 0 Å². The monoisotopic (exact) mass is 405 g/mol. The molecule has 0 fully saturated rings. The Morgan fingerprint density at radius 3 is 2.60 bits per heavy atom. The van der Waals surface area contributed by atoms with Crippen LogP contribution in [0.4, 0.5) is 0 Å². The molecule has 3 aromatic heterocycles. The summed E-state index contributed by atoms with van der Waals surface area (Å²) in [5.74, 6) is 1.20. The highest BCUT2D eigenvalue weighted by Crippen LogP contribution is 2.28. The highest BCUT2D eigenvalue weighted by molar-refractivity contribution is 6.06. The van der Waals surface area contributed by atoms with E-state index < -0.39 is 0 Å². The third kappa shape index (κ3) is 3.91. The van der Waals surface area contributed by atoms with Gasteiger partial charge in [0.2, 0.25) is 0 Å². The van der Waals surface area contributed by atoms with Crippen LogP contribution < -0.4 is 4.74 Å². The number of rotatable bonds is 6. The minimum Gasteiger partial charge on any atom is -0.492 e. The summed E-state index contributed by atoms with van der Waals surface area (Å²) in [6, 6.07) is 11.3. The van der Waals surface area contributed by atoms with Crippen LogP contribution in [0, 0.1) is 20.8 Å². The molecular weight excluding hydrogens is 382 g/mol. The Kier molecular flexibility index (Phi) is 5.27. The summed E-state index contributed by atoms with van der Waals surface area (Å²) < 4.78 is 16.6. The van der Waals surface area contributed by atoms with Crippen LogP contribution in [0.5, 0.6) is 5.75 Å². The van der Waals surface area contributed by atoms with Gasteiger partial charge in [0.15, 0.2) is 5.76 Å². The maximum absolute atomic E-state index is 13.2. The van der Waals surface area contributed by atoms with Crippen LogP contribution in [0.25, 0.3) is 22.6 Å². The van der Waals surface area contributed by atoms with Gasteiger partial charge in [-0.05, 0) is 62.2 Å². The SMILES string of the molecule is Cc1cc(C)cc(OCCN(C)C(=O)c2cc(-c3ccco3)nc3onc(C)c23)c1. The average molecular weight is 405 g/mol. The number of aromatic nitrogens is 2. The number of carbonyl (C=O) groups is 1. The summed E-state index contributed by atoms with van der Waals surface area (Å²) in [7, 11) is 1.74. The van der Waals surface area contributed by atoms with Crippen LogP contribution >= 0.6 is 0 Å². The molecule has 7 nitrogen and oxygen atoms in total. The number of pyridine rings is 1. The Balaban J connectivity index is 1.55. The van der Waals surface area contributed by atoms with Crippen molar-refractivity contribution in [3.63, 3.8) is 0 Å². The standard InChI is InChI=1S/C23H23N3O4/c1-14-10-15(2)12-17(11-14)28-9-7-26(4)23(27)18-13-19(20-6-5-8-29-20)24-22-21(18)16(3)25-30-22/h5-6,8,10-13H,7,9H2,1-4H3. The van der Waals surface area contributed by atoms with Gasteiger partial charge >= 0.3 is 0 Å². The fourth-order valence-electron chi connectivity index (χ4n) is 3.44. The molecule has 3 heterocycles. The summed E-state index contributed by atoms with van der Waals surface area (Å²) in [5.41, 5.74) is 4.20. The van der Waals surface area contributed by atoms with E-state index in [1.54, 1.807) is 43.3 Å². The summed E-state index contributed by atoms with van der Waals surface area (Å²) in [5, 5.41) is 4.58. The maximum atomic E-state index is 13.2. The Hall–Kier alpha value is -3.61. The molecule has 0 atom stereocenters. The van der Waals surface area contributed by atoms with Gasteiger partial charge in [-0.25, -0.2) is 4.98 Å². The fraction of sp³-hybridized carbons (Fsp3) is 0.261. The largest absolute Gasteiger partial charge is 0.492 e. The van der Waals surface area contributed by atoms with Crippen molar-refractivity contribution in [1.29, 1.82) is 0 Å². The molecule has 0 radical (unpaired) electrons. The molecule has 0 unspecified atom stereocenters. The average Bonchev–Trinajstić information content (AvgIpc) is 3.36. The number of likely N-dealkylation sites (N-methyl/N-ethyl adjacent to an activating group) is 1. The molecule has 0 saturated carbocycles. The zero-order valence-corrected chi connectivity index (χ0v) is 17.4. The van der Waals surface area contributed by atoms with Crippen molar-refractivity contribution in [3.8, 4) is 17.2 Å². The van der Waals surface area contributed by atoms with E-state index in [4.69, 9.17) is 13.7 Å². The molecule has 30 heavy (non-hydrogen) atoms. The fourth-order valence-corrected chi connectivity index (χ4v) is 3.44. The van der Waals surface area contributed by atoms with Crippen LogP contribution in [0.1, 0.15) is 27.2 Å². The number of furan rings is 1. The van der Waals surface area contributed by atoms with Gasteiger partial charge in [0, 0.05) is 7.05 Å². The molecule has 7 heteroatoms. The lowest BCUT2D eigenvalue weighted by atomic mass is 10.1. The number of carbonyl (C=O) groups excluding carboxylic acids is 1. The lowest BCUT2D eigenvalue weighted by Gasteiger charge is -2.18. The summed E-state index contributed by atoms with van der Waals surface area (Å²) in [6.07, 6.45) is 1.56. The second-order valence-electron chi connectivity index (χ2n) is 7.38. The van der Waals surface area contributed by atoms with Crippen LogP contribution in [-0.4, -0.2) is 41.1 Å². The van der Waals surface area contributed by atoms with Crippen LogP contribution in [-0.2, 0) is 0 Å². The van der Waals surface area contributed by atoms with E-state index in [-0.39, 0.29) is 5.91 Å². The molecule has 0 N–H and O–H groups in total. The predicted molar refractivity (Wildman–Crippen MR) is 113 cm³/mol. The number of hydrogen-bond donors (Lipinski definition) is 0. The van der Waals surface area contributed by atoms with Gasteiger partial charge in [0.05, 0.1) is 29.5 Å². The third-order valence-electron chi connectivity index (χ3n) is 4.86. The Bertz CT molecular complexity index is 1170. The number of fused-ring (bicyclic) bond motifs is 1. The topological polar surface area (TPSA) is 81.6 Å². The second kappa shape index (κ2) is 8.02. The molecule has 0 saturated heterocycles. The predicted octanol–water partition coefficient (Wildman–Crippen LogP) is 4.56. The highest BCUT2D eigenvalue weighted by Gasteiger charge is 2.22. The first kappa shape index (κ1) is 19.7. The lowest BCUT2D eigenvalue weighted by Crippen LogP contribution is -2.31. The van der Waals surface area contributed by atoms with Crippen molar-refractivity contribution in [2.45, 2.75) is 20.8 Å². The Labute approximate surface area is 174 Å². The lowest BCUT2D eigenvalue weighted by molar-refractivity contribution is 0.0775. The van der Waals surface area contributed by atoms with E-state index in [2.05, 4.69) is 16.2 Å². The van der Waals surface area contributed by atoms with Gasteiger partial charge in [0.1, 0.15) is 18.1 Å². The van der Waals surface area contributed by atoms with Gasteiger partial charge in [-0.3, -0.25) is 4.79 Å². The Morgan fingerprint density at radius 2 is 1.90 bits per heavy atom. The van der Waals surface area contributed by atoms with E-state index in [1.807, 2.05) is 26.0 Å². The number of benzene rings is 1. The Morgan fingerprint density at radius 1 is 1.13 bits per heavy atom. The zero-order valence-electron chi connectivity index (χ0n) is 17.4. The molecule has 4 rings (SSSR count). The molecule has 0 aliphatic heterocycles. The quantitative estimate of drug-likeness (QED) is 0.468. The van der Waals surface area contributed by atoms with E-state index in [0.717, 1.165) is 16.9 Å². The van der Waals surface area contributed by atoms with Crippen molar-refractivity contribution < 1.29 is 18.5 Å². The van der Waals surface area contributed by atoms with Crippen molar-refractivity contribution >= 4 is 17.0 Å². The van der Waals surface area contributed by atoms with Gasteiger partial charge in [-0.2, -0.15) is 0 Å². The van der Waals surface area contributed by atoms with E-state index in [1.165, 1.54) is 0 Å². The first-order valence-electron chi connectivity index (χ1n) is 9.70. The summed E-state index contributed by atoms with van der Waals surface area (Å²) in [6.45, 7) is 6.66. The summed E-state index contributed by atoms with van der Waals surface area (Å²) in [4.78, 5) is 19.3. The first-order chi connectivity index (χ1) is 14.4. The normalized spacial score (nSPS) is 11.1. The third-order valence-corrected chi connectivity index (χ3v) is 4.86. The minimum absolute atomic E-state index is 0.162. The van der Waals surface area contributed by atoms with E-state index >= 15 is 0 Å². The number of aryl methyl sites for hydroxylation is 3. The number of hydrogen-bond acceptors (Lipinski definition) is 6.